The smallest absolute Gasteiger partial charge is 0.243 e. The Morgan fingerprint density at radius 1 is 1.21 bits per heavy atom. The van der Waals surface area contributed by atoms with Crippen LogP contribution in [0.3, 0.4) is 0 Å². The molecule has 1 fully saturated rings. The standard InChI is InChI=1S/C17H21N3O3S/c1-13-5-6-16(10-14(13)2)24(21,22)20-9-3-4-15(12-20)23-17-11-18-7-8-19-17/h5-8,10-11,15H,3-4,9,12H2,1-2H3. The Morgan fingerprint density at radius 2 is 2.04 bits per heavy atom. The summed E-state index contributed by atoms with van der Waals surface area (Å²) in [5, 5.41) is 0. The topological polar surface area (TPSA) is 72.4 Å². The van der Waals surface area contributed by atoms with Crippen molar-refractivity contribution in [1.82, 2.24) is 14.3 Å². The Balaban J connectivity index is 1.77. The lowest BCUT2D eigenvalue weighted by molar-refractivity contribution is 0.124. The van der Waals surface area contributed by atoms with E-state index < -0.39 is 10.0 Å². The molecular formula is C17H21N3O3S. The maximum atomic E-state index is 12.9. The molecule has 0 bridgehead atoms. The van der Waals surface area contributed by atoms with E-state index >= 15 is 0 Å². The van der Waals surface area contributed by atoms with Crippen LogP contribution in [0.1, 0.15) is 24.0 Å². The number of nitrogens with zero attached hydrogens (tertiary/aromatic N) is 3. The molecule has 1 atom stereocenters. The van der Waals surface area contributed by atoms with Crippen LogP contribution in [0.25, 0.3) is 0 Å². The molecule has 6 nitrogen and oxygen atoms in total. The number of ether oxygens (including phenoxy) is 1. The van der Waals surface area contributed by atoms with Crippen molar-refractivity contribution in [2.75, 3.05) is 13.1 Å². The van der Waals surface area contributed by atoms with Gasteiger partial charge < -0.3 is 4.74 Å². The molecule has 2 aromatic rings. The van der Waals surface area contributed by atoms with Crippen LogP contribution in [-0.4, -0.2) is 41.9 Å². The number of hydrogen-bond acceptors (Lipinski definition) is 5. The molecule has 128 valence electrons. The van der Waals surface area contributed by atoms with Gasteiger partial charge in [-0.3, -0.25) is 4.98 Å². The van der Waals surface area contributed by atoms with Gasteiger partial charge >= 0.3 is 0 Å². The molecular weight excluding hydrogens is 326 g/mol. The molecule has 1 saturated heterocycles. The van der Waals surface area contributed by atoms with E-state index in [0.29, 0.717) is 23.9 Å². The summed E-state index contributed by atoms with van der Waals surface area (Å²) < 4.78 is 33.1. The SMILES string of the molecule is Cc1ccc(S(=O)(=O)N2CCCC(Oc3cnccn3)C2)cc1C. The molecule has 0 saturated carbocycles. The van der Waals surface area contributed by atoms with Crippen molar-refractivity contribution >= 4 is 10.0 Å². The van der Waals surface area contributed by atoms with Gasteiger partial charge in [0.25, 0.3) is 0 Å². The molecule has 1 aromatic heterocycles. The van der Waals surface area contributed by atoms with Gasteiger partial charge in [-0.05, 0) is 49.9 Å². The average Bonchev–Trinajstić information content (AvgIpc) is 2.58. The van der Waals surface area contributed by atoms with Gasteiger partial charge in [-0.25, -0.2) is 13.4 Å². The first-order valence-corrected chi connectivity index (χ1v) is 9.41. The number of sulfonamides is 1. The van der Waals surface area contributed by atoms with Gasteiger partial charge in [0, 0.05) is 18.9 Å². The Labute approximate surface area is 142 Å². The number of aryl methyl sites for hydroxylation is 2. The molecule has 0 N–H and O–H groups in total. The second kappa shape index (κ2) is 6.86. The third kappa shape index (κ3) is 3.57. The average molecular weight is 347 g/mol. The molecule has 0 aliphatic carbocycles. The summed E-state index contributed by atoms with van der Waals surface area (Å²) >= 11 is 0. The van der Waals surface area contributed by atoms with Crippen molar-refractivity contribution in [2.45, 2.75) is 37.7 Å². The Hall–Kier alpha value is -1.99. The fourth-order valence-electron chi connectivity index (χ4n) is 2.76. The lowest BCUT2D eigenvalue weighted by Gasteiger charge is -2.31. The number of benzene rings is 1. The normalized spacial score (nSPS) is 19.2. The molecule has 0 radical (unpaired) electrons. The fraction of sp³-hybridized carbons (Fsp3) is 0.412. The largest absolute Gasteiger partial charge is 0.472 e. The summed E-state index contributed by atoms with van der Waals surface area (Å²) in [5.74, 6) is 0.424. The highest BCUT2D eigenvalue weighted by Gasteiger charge is 2.31. The third-order valence-corrected chi connectivity index (χ3v) is 6.15. The van der Waals surface area contributed by atoms with Crippen LogP contribution < -0.4 is 4.74 Å². The zero-order valence-electron chi connectivity index (χ0n) is 13.8. The minimum absolute atomic E-state index is 0.211. The molecule has 0 amide bonds. The summed E-state index contributed by atoms with van der Waals surface area (Å²) in [5.41, 5.74) is 2.05. The first-order chi connectivity index (χ1) is 11.5. The molecule has 1 unspecified atom stereocenters. The van der Waals surface area contributed by atoms with Gasteiger partial charge in [0.1, 0.15) is 6.10 Å². The molecule has 24 heavy (non-hydrogen) atoms. The Bertz CT molecular complexity index is 809. The van der Waals surface area contributed by atoms with Crippen LogP contribution >= 0.6 is 0 Å². The molecule has 1 aromatic carbocycles. The third-order valence-electron chi connectivity index (χ3n) is 4.28. The van der Waals surface area contributed by atoms with Crippen LogP contribution in [-0.2, 0) is 10.0 Å². The first kappa shape index (κ1) is 16.9. The van der Waals surface area contributed by atoms with E-state index in [1.807, 2.05) is 19.9 Å². The Kier molecular flexibility index (Phi) is 4.82. The van der Waals surface area contributed by atoms with E-state index in [0.717, 1.165) is 24.0 Å². The van der Waals surface area contributed by atoms with Crippen molar-refractivity contribution in [2.24, 2.45) is 0 Å². The second-order valence-corrected chi connectivity index (χ2v) is 7.97. The van der Waals surface area contributed by atoms with E-state index in [4.69, 9.17) is 4.74 Å². The van der Waals surface area contributed by atoms with Crippen molar-refractivity contribution in [3.63, 3.8) is 0 Å². The van der Waals surface area contributed by atoms with Crippen molar-refractivity contribution in [3.8, 4) is 5.88 Å². The van der Waals surface area contributed by atoms with Crippen LogP contribution in [0.2, 0.25) is 0 Å². The van der Waals surface area contributed by atoms with Crippen LogP contribution in [0.4, 0.5) is 0 Å². The van der Waals surface area contributed by atoms with Gasteiger partial charge in [-0.1, -0.05) is 6.07 Å². The lowest BCUT2D eigenvalue weighted by atomic mass is 10.1. The van der Waals surface area contributed by atoms with E-state index in [9.17, 15) is 8.42 Å². The van der Waals surface area contributed by atoms with E-state index in [-0.39, 0.29) is 6.10 Å². The van der Waals surface area contributed by atoms with Crippen LogP contribution in [0.5, 0.6) is 5.88 Å². The fourth-order valence-corrected chi connectivity index (χ4v) is 4.36. The van der Waals surface area contributed by atoms with Gasteiger partial charge in [-0.15, -0.1) is 0 Å². The number of piperidine rings is 1. The monoisotopic (exact) mass is 347 g/mol. The van der Waals surface area contributed by atoms with E-state index in [1.54, 1.807) is 24.5 Å². The highest BCUT2D eigenvalue weighted by Crippen LogP contribution is 2.24. The van der Waals surface area contributed by atoms with Crippen molar-refractivity contribution in [1.29, 1.82) is 0 Å². The molecule has 3 rings (SSSR count). The number of aromatic nitrogens is 2. The van der Waals surface area contributed by atoms with Crippen LogP contribution in [0, 0.1) is 13.8 Å². The summed E-state index contributed by atoms with van der Waals surface area (Å²) in [6.07, 6.45) is 6.02. The molecule has 1 aliphatic rings. The predicted octanol–water partition coefficient (Wildman–Crippen LogP) is 2.33. The lowest BCUT2D eigenvalue weighted by Crippen LogP contribution is -2.44. The highest BCUT2D eigenvalue weighted by molar-refractivity contribution is 7.89. The van der Waals surface area contributed by atoms with Crippen molar-refractivity contribution < 1.29 is 13.2 Å². The summed E-state index contributed by atoms with van der Waals surface area (Å²) in [4.78, 5) is 8.39. The zero-order chi connectivity index (χ0) is 17.2. The first-order valence-electron chi connectivity index (χ1n) is 7.97. The maximum absolute atomic E-state index is 12.9. The van der Waals surface area contributed by atoms with Crippen molar-refractivity contribution in [3.05, 3.63) is 47.9 Å². The predicted molar refractivity (Wildman–Crippen MR) is 90.4 cm³/mol. The minimum atomic E-state index is -3.51. The van der Waals surface area contributed by atoms with Crippen LogP contribution in [0.15, 0.2) is 41.7 Å². The van der Waals surface area contributed by atoms with Gasteiger partial charge in [0.2, 0.25) is 15.9 Å². The van der Waals surface area contributed by atoms with Gasteiger partial charge in [0.05, 0.1) is 17.6 Å². The van der Waals surface area contributed by atoms with Gasteiger partial charge in [-0.2, -0.15) is 4.31 Å². The quantitative estimate of drug-likeness (QED) is 0.849. The molecule has 0 spiro atoms. The van der Waals surface area contributed by atoms with E-state index in [1.165, 1.54) is 10.5 Å². The zero-order valence-corrected chi connectivity index (χ0v) is 14.7. The second-order valence-electron chi connectivity index (χ2n) is 6.03. The maximum Gasteiger partial charge on any atom is 0.243 e. The molecule has 1 aliphatic heterocycles. The minimum Gasteiger partial charge on any atom is -0.472 e. The molecule has 2 heterocycles. The number of hydrogen-bond donors (Lipinski definition) is 0. The number of rotatable bonds is 4. The summed E-state index contributed by atoms with van der Waals surface area (Å²) in [6, 6.07) is 5.25. The Morgan fingerprint density at radius 3 is 2.75 bits per heavy atom. The molecule has 7 heteroatoms. The highest BCUT2D eigenvalue weighted by atomic mass is 32.2. The van der Waals surface area contributed by atoms with Gasteiger partial charge in [0.15, 0.2) is 0 Å². The van der Waals surface area contributed by atoms with E-state index in [2.05, 4.69) is 9.97 Å². The summed E-state index contributed by atoms with van der Waals surface area (Å²) in [7, 11) is -3.51. The summed E-state index contributed by atoms with van der Waals surface area (Å²) in [6.45, 7) is 4.73.